The molecule has 9 nitrogen and oxygen atoms in total. The Bertz CT molecular complexity index is 463. The third-order valence-corrected chi connectivity index (χ3v) is 10.4. The lowest BCUT2D eigenvalue weighted by Gasteiger charge is -2.28. The van der Waals surface area contributed by atoms with Crippen LogP contribution >= 0.6 is 0 Å². The number of hydrogen-bond donors (Lipinski definition) is 0. The zero-order valence-electron chi connectivity index (χ0n) is 18.3. The second kappa shape index (κ2) is 18.0. The summed E-state index contributed by atoms with van der Waals surface area (Å²) < 4.78 is 27.4. The molecule has 0 radical (unpaired) electrons. The van der Waals surface area contributed by atoms with Crippen molar-refractivity contribution in [2.45, 2.75) is 58.8 Å². The molecule has 0 heterocycles. The number of rotatable bonds is 15. The number of carbonyl (C=O) groups excluding carboxylic acids is 2. The molecule has 0 aliphatic carbocycles. The van der Waals surface area contributed by atoms with Crippen LogP contribution < -0.4 is 0 Å². The molecule has 0 saturated heterocycles. The maximum Gasteiger partial charge on any atom is 0.500 e. The highest BCUT2D eigenvalue weighted by Crippen LogP contribution is 2.18. The van der Waals surface area contributed by atoms with E-state index < -0.39 is 17.4 Å². The average Bonchev–Trinajstić information content (AvgIpc) is 2.70. The molecule has 0 aromatic heterocycles. The van der Waals surface area contributed by atoms with Crippen LogP contribution in [0, 0.1) is 0 Å². The van der Waals surface area contributed by atoms with Crippen molar-refractivity contribution < 1.29 is 31.7 Å². The topological polar surface area (TPSA) is 105 Å². The predicted octanol–water partition coefficient (Wildman–Crippen LogP) is 2.77. The standard InChI is InChI=1S/C10H21NO4Si.C7H15NO3Si/c1-4-13-16(14-5-2,15-6-3)9-7-8-11-10-12;1-5-7(8-6-9)12(4,10-2)11-3/h4-9H2,1-3H3;7H,5H2,1-4H3. The monoisotopic (exact) mass is 436 g/mol. The van der Waals surface area contributed by atoms with Gasteiger partial charge >= 0.3 is 17.4 Å². The first-order valence-electron chi connectivity index (χ1n) is 9.51. The Labute approximate surface area is 171 Å². The van der Waals surface area contributed by atoms with Crippen molar-refractivity contribution in [2.75, 3.05) is 40.6 Å². The number of isocyanates is 2. The van der Waals surface area contributed by atoms with Gasteiger partial charge in [0.1, 0.15) is 5.67 Å². The van der Waals surface area contributed by atoms with Crippen LogP contribution in [-0.4, -0.2) is 75.8 Å². The van der Waals surface area contributed by atoms with E-state index in [-0.39, 0.29) is 5.67 Å². The van der Waals surface area contributed by atoms with Crippen molar-refractivity contribution in [1.82, 2.24) is 0 Å². The summed E-state index contributed by atoms with van der Waals surface area (Å²) in [6.07, 6.45) is 4.52. The lowest BCUT2D eigenvalue weighted by atomic mass is 10.5. The number of aliphatic imine (C=N–C) groups is 2. The van der Waals surface area contributed by atoms with Crippen LogP contribution in [0.1, 0.15) is 40.5 Å². The molecule has 28 heavy (non-hydrogen) atoms. The first-order chi connectivity index (χ1) is 13.4. The Morgan fingerprint density at radius 3 is 1.71 bits per heavy atom. The van der Waals surface area contributed by atoms with Crippen LogP contribution in [0.2, 0.25) is 12.6 Å². The van der Waals surface area contributed by atoms with Crippen molar-refractivity contribution in [3.8, 4) is 0 Å². The molecule has 0 amide bonds. The van der Waals surface area contributed by atoms with Gasteiger partial charge in [0.2, 0.25) is 12.2 Å². The van der Waals surface area contributed by atoms with Gasteiger partial charge in [-0.25, -0.2) is 19.6 Å². The predicted molar refractivity (Wildman–Crippen MR) is 111 cm³/mol. The Morgan fingerprint density at radius 2 is 1.39 bits per heavy atom. The molecule has 0 aliphatic heterocycles. The molecule has 0 fully saturated rings. The van der Waals surface area contributed by atoms with Gasteiger partial charge in [0.25, 0.3) is 0 Å². The van der Waals surface area contributed by atoms with E-state index in [0.717, 1.165) is 12.8 Å². The minimum atomic E-state index is -2.54. The fraction of sp³-hybridized carbons (Fsp3) is 0.882. The summed E-state index contributed by atoms with van der Waals surface area (Å²) >= 11 is 0. The Balaban J connectivity index is 0. The van der Waals surface area contributed by atoms with Crippen molar-refractivity contribution in [2.24, 2.45) is 9.98 Å². The highest BCUT2D eigenvalue weighted by Gasteiger charge is 2.39. The van der Waals surface area contributed by atoms with E-state index in [4.69, 9.17) is 22.1 Å². The molecule has 0 aromatic carbocycles. The van der Waals surface area contributed by atoms with Gasteiger partial charge in [-0.1, -0.05) is 6.92 Å². The molecule has 0 rings (SSSR count). The zero-order valence-corrected chi connectivity index (χ0v) is 20.3. The van der Waals surface area contributed by atoms with Gasteiger partial charge in [-0.3, -0.25) is 0 Å². The maximum atomic E-state index is 10.1. The van der Waals surface area contributed by atoms with Crippen LogP contribution in [0.5, 0.6) is 0 Å². The molecule has 11 heteroatoms. The van der Waals surface area contributed by atoms with Crippen LogP contribution in [0.15, 0.2) is 9.98 Å². The summed E-state index contributed by atoms with van der Waals surface area (Å²) in [4.78, 5) is 27.2. The van der Waals surface area contributed by atoms with Crippen molar-refractivity contribution in [1.29, 1.82) is 0 Å². The molecule has 0 aliphatic rings. The SMILES string of the molecule is CCC(N=C=O)[Si](C)(OC)OC.CCO[Si](CCCN=C=O)(OCC)OCC. The van der Waals surface area contributed by atoms with E-state index in [1.54, 1.807) is 20.3 Å². The van der Waals surface area contributed by atoms with Crippen LogP contribution in [-0.2, 0) is 31.7 Å². The van der Waals surface area contributed by atoms with E-state index in [1.807, 2.05) is 34.2 Å². The van der Waals surface area contributed by atoms with Gasteiger partial charge < -0.3 is 22.1 Å². The van der Waals surface area contributed by atoms with E-state index in [1.165, 1.54) is 6.08 Å². The molecule has 0 N–H and O–H groups in total. The molecular weight excluding hydrogens is 400 g/mol. The molecular formula is C17H36N2O7Si2. The van der Waals surface area contributed by atoms with E-state index in [0.29, 0.717) is 32.4 Å². The fourth-order valence-electron chi connectivity index (χ4n) is 2.42. The zero-order chi connectivity index (χ0) is 21.9. The first kappa shape index (κ1) is 29.2. The van der Waals surface area contributed by atoms with Crippen LogP contribution in [0.4, 0.5) is 0 Å². The average molecular weight is 437 g/mol. The van der Waals surface area contributed by atoms with Crippen molar-refractivity contribution >= 4 is 29.5 Å². The maximum absolute atomic E-state index is 10.1. The van der Waals surface area contributed by atoms with Gasteiger partial charge in [0.05, 0.1) is 6.54 Å². The third kappa shape index (κ3) is 11.8. The molecule has 1 unspecified atom stereocenters. The summed E-state index contributed by atoms with van der Waals surface area (Å²) in [5, 5.41) is 0. The van der Waals surface area contributed by atoms with Crippen molar-refractivity contribution in [3.63, 3.8) is 0 Å². The summed E-state index contributed by atoms with van der Waals surface area (Å²) in [7, 11) is -1.65. The van der Waals surface area contributed by atoms with Crippen LogP contribution in [0.25, 0.3) is 0 Å². The van der Waals surface area contributed by atoms with Gasteiger partial charge in [0.15, 0.2) is 0 Å². The van der Waals surface area contributed by atoms with Gasteiger partial charge in [0, 0.05) is 40.1 Å². The fourth-order valence-corrected chi connectivity index (χ4v) is 6.75. The second-order valence-electron chi connectivity index (χ2n) is 5.63. The molecule has 164 valence electrons. The van der Waals surface area contributed by atoms with Gasteiger partial charge in [-0.05, 0) is 40.2 Å². The van der Waals surface area contributed by atoms with E-state index in [9.17, 15) is 9.59 Å². The number of hydrogen-bond acceptors (Lipinski definition) is 9. The lowest BCUT2D eigenvalue weighted by Crippen LogP contribution is -2.48. The summed E-state index contributed by atoms with van der Waals surface area (Å²) in [6.45, 7) is 11.7. The Hall–Kier alpha value is -1.01. The number of nitrogens with zero attached hydrogens (tertiary/aromatic N) is 2. The van der Waals surface area contributed by atoms with Gasteiger partial charge in [-0.2, -0.15) is 0 Å². The minimum absolute atomic E-state index is 0.162. The van der Waals surface area contributed by atoms with Crippen LogP contribution in [0.3, 0.4) is 0 Å². The first-order valence-corrected chi connectivity index (χ1v) is 13.8. The molecule has 0 spiro atoms. The minimum Gasteiger partial charge on any atom is -0.397 e. The van der Waals surface area contributed by atoms with E-state index >= 15 is 0 Å². The molecule has 0 aromatic rings. The third-order valence-electron chi connectivity index (χ3n) is 3.92. The van der Waals surface area contributed by atoms with E-state index in [2.05, 4.69) is 9.98 Å². The quantitative estimate of drug-likeness (QED) is 0.168. The largest absolute Gasteiger partial charge is 0.500 e. The highest BCUT2D eigenvalue weighted by atomic mass is 28.4. The molecule has 0 bridgehead atoms. The lowest BCUT2D eigenvalue weighted by molar-refractivity contribution is 0.0710. The van der Waals surface area contributed by atoms with Crippen molar-refractivity contribution in [3.05, 3.63) is 0 Å². The molecule has 0 saturated carbocycles. The van der Waals surface area contributed by atoms with Gasteiger partial charge in [-0.15, -0.1) is 0 Å². The highest BCUT2D eigenvalue weighted by molar-refractivity contribution is 6.67. The molecule has 1 atom stereocenters. The smallest absolute Gasteiger partial charge is 0.397 e. The normalized spacial score (nSPS) is 12.2. The Morgan fingerprint density at radius 1 is 0.893 bits per heavy atom. The summed E-state index contributed by atoms with van der Waals surface area (Å²) in [6, 6.07) is 0.688. The summed E-state index contributed by atoms with van der Waals surface area (Å²) in [5.74, 6) is 0. The Kier molecular flexibility index (Phi) is 18.8. The second-order valence-corrected chi connectivity index (χ2v) is 11.9. The summed E-state index contributed by atoms with van der Waals surface area (Å²) in [5.41, 5.74) is -0.162.